The maximum Gasteiger partial charge on any atom is 0.258 e. The van der Waals surface area contributed by atoms with Gasteiger partial charge in [0, 0.05) is 6.42 Å². The second-order valence-electron chi connectivity index (χ2n) is 4.93. The van der Waals surface area contributed by atoms with Gasteiger partial charge in [-0.25, -0.2) is 0 Å². The molecule has 1 unspecified atom stereocenters. The third-order valence-electron chi connectivity index (χ3n) is 3.62. The summed E-state index contributed by atoms with van der Waals surface area (Å²) in [7, 11) is 0. The maximum absolute atomic E-state index is 12.7. The van der Waals surface area contributed by atoms with Crippen LogP contribution in [0, 0.1) is 0 Å². The van der Waals surface area contributed by atoms with Gasteiger partial charge in [-0.15, -0.1) is 0 Å². The van der Waals surface area contributed by atoms with Crippen molar-refractivity contribution in [1.29, 1.82) is 0 Å². The first kappa shape index (κ1) is 14.1. The molecule has 1 N–H and O–H groups in total. The average Bonchev–Trinajstić information content (AvgIpc) is 2.61. The quantitative estimate of drug-likeness (QED) is 0.767. The van der Waals surface area contributed by atoms with Gasteiger partial charge >= 0.3 is 0 Å². The highest BCUT2D eigenvalue weighted by Gasteiger charge is 2.36. The molecular formula is C14H13BrN2O4. The lowest BCUT2D eigenvalue weighted by atomic mass is 10.0. The summed E-state index contributed by atoms with van der Waals surface area (Å²) in [6.45, 7) is 0.616. The minimum absolute atomic E-state index is 0.242. The summed E-state index contributed by atoms with van der Waals surface area (Å²) < 4.78 is 6.33. The van der Waals surface area contributed by atoms with Crippen molar-refractivity contribution in [2.24, 2.45) is 0 Å². The monoisotopic (exact) mass is 352 g/mol. The zero-order chi connectivity index (χ0) is 15.0. The summed E-state index contributed by atoms with van der Waals surface area (Å²) in [6.07, 6.45) is 0.589. The fraction of sp³-hybridized carbons (Fsp3) is 0.357. The van der Waals surface area contributed by atoms with Crippen LogP contribution in [-0.4, -0.2) is 41.8 Å². The minimum atomic E-state index is -0.622. The Balaban J connectivity index is 1.93. The van der Waals surface area contributed by atoms with E-state index in [2.05, 4.69) is 21.2 Å². The number of halogens is 1. The van der Waals surface area contributed by atoms with Gasteiger partial charge in [0.15, 0.2) is 0 Å². The fourth-order valence-electron chi connectivity index (χ4n) is 2.60. The van der Waals surface area contributed by atoms with Crippen LogP contribution in [0.1, 0.15) is 23.2 Å². The molecule has 0 aromatic heterocycles. The van der Waals surface area contributed by atoms with E-state index in [1.54, 1.807) is 18.2 Å². The number of ether oxygens (including phenoxy) is 1. The number of piperidine rings is 1. The van der Waals surface area contributed by atoms with E-state index in [0.717, 1.165) is 0 Å². The number of nitrogens with zero attached hydrogens (tertiary/aromatic N) is 1. The van der Waals surface area contributed by atoms with Gasteiger partial charge in [0.2, 0.25) is 11.8 Å². The highest BCUT2D eigenvalue weighted by atomic mass is 79.9. The summed E-state index contributed by atoms with van der Waals surface area (Å²) in [5.41, 5.74) is 0.423. The lowest BCUT2D eigenvalue weighted by molar-refractivity contribution is -0.136. The van der Waals surface area contributed by atoms with Crippen LogP contribution in [0.5, 0.6) is 5.75 Å². The number of benzene rings is 1. The van der Waals surface area contributed by atoms with Crippen molar-refractivity contribution in [3.05, 3.63) is 28.2 Å². The molecule has 0 aliphatic carbocycles. The first-order valence-electron chi connectivity index (χ1n) is 6.64. The van der Waals surface area contributed by atoms with Gasteiger partial charge < -0.3 is 9.64 Å². The number of rotatable bonds is 1. The molecule has 2 heterocycles. The molecule has 1 aromatic carbocycles. The van der Waals surface area contributed by atoms with Crippen molar-refractivity contribution in [2.75, 3.05) is 13.2 Å². The van der Waals surface area contributed by atoms with Crippen molar-refractivity contribution < 1.29 is 19.1 Å². The van der Waals surface area contributed by atoms with Gasteiger partial charge in [0.05, 0.1) is 16.6 Å². The zero-order valence-corrected chi connectivity index (χ0v) is 12.7. The van der Waals surface area contributed by atoms with E-state index < -0.39 is 11.9 Å². The van der Waals surface area contributed by atoms with Gasteiger partial charge in [-0.1, -0.05) is 6.07 Å². The molecule has 3 amide bonds. The largest absolute Gasteiger partial charge is 0.490 e. The number of nitrogens with one attached hydrogen (secondary N) is 1. The standard InChI is InChI=1S/C14H13BrN2O4/c15-9-3-1-2-8-12(9)21-7-6-17(14(8)20)10-4-5-11(18)16-13(10)19/h1-3,10H,4-7H2,(H,16,18,19). The number of para-hydroxylation sites is 1. The van der Waals surface area contributed by atoms with E-state index in [1.165, 1.54) is 4.90 Å². The molecule has 1 aromatic rings. The predicted octanol–water partition coefficient (Wildman–Crippen LogP) is 1.09. The van der Waals surface area contributed by atoms with Crippen molar-refractivity contribution >= 4 is 33.7 Å². The first-order valence-corrected chi connectivity index (χ1v) is 7.43. The number of imide groups is 1. The van der Waals surface area contributed by atoms with Crippen molar-refractivity contribution in [3.8, 4) is 5.75 Å². The molecule has 3 rings (SSSR count). The van der Waals surface area contributed by atoms with Gasteiger partial charge in [-0.05, 0) is 34.5 Å². The highest BCUT2D eigenvalue weighted by molar-refractivity contribution is 9.10. The van der Waals surface area contributed by atoms with E-state index in [-0.39, 0.29) is 18.2 Å². The van der Waals surface area contributed by atoms with Crippen molar-refractivity contribution in [2.45, 2.75) is 18.9 Å². The van der Waals surface area contributed by atoms with Gasteiger partial charge in [0.1, 0.15) is 18.4 Å². The predicted molar refractivity (Wildman–Crippen MR) is 76.8 cm³/mol. The minimum Gasteiger partial charge on any atom is -0.490 e. The van der Waals surface area contributed by atoms with Crippen molar-refractivity contribution in [3.63, 3.8) is 0 Å². The number of carbonyl (C=O) groups is 3. The van der Waals surface area contributed by atoms with E-state index in [1.807, 2.05) is 0 Å². The second kappa shape index (κ2) is 5.48. The summed E-state index contributed by atoms with van der Waals surface area (Å²) >= 11 is 3.36. The molecule has 6 nitrogen and oxygen atoms in total. The lowest BCUT2D eigenvalue weighted by Gasteiger charge is -2.31. The SMILES string of the molecule is O=C1CCC(N2CCOc3c(Br)cccc3C2=O)C(=O)N1. The summed E-state index contributed by atoms with van der Waals surface area (Å²) in [6, 6.07) is 4.60. The molecule has 0 bridgehead atoms. The van der Waals surface area contributed by atoms with Crippen molar-refractivity contribution in [1.82, 2.24) is 10.2 Å². The summed E-state index contributed by atoms with van der Waals surface area (Å²) in [5.74, 6) is -0.466. The lowest BCUT2D eigenvalue weighted by Crippen LogP contribution is -2.54. The molecule has 1 atom stereocenters. The normalized spacial score (nSPS) is 22.2. The van der Waals surface area contributed by atoms with E-state index in [0.29, 0.717) is 35.4 Å². The maximum atomic E-state index is 12.7. The van der Waals surface area contributed by atoms with E-state index in [4.69, 9.17) is 4.74 Å². The second-order valence-corrected chi connectivity index (χ2v) is 5.78. The number of hydrogen-bond acceptors (Lipinski definition) is 4. The molecule has 0 spiro atoms. The summed E-state index contributed by atoms with van der Waals surface area (Å²) in [5, 5.41) is 2.28. The molecule has 0 radical (unpaired) electrons. The smallest absolute Gasteiger partial charge is 0.258 e. The Morgan fingerprint density at radius 2 is 2.10 bits per heavy atom. The Hall–Kier alpha value is -1.89. The van der Waals surface area contributed by atoms with Gasteiger partial charge in [0.25, 0.3) is 5.91 Å². The Morgan fingerprint density at radius 1 is 1.29 bits per heavy atom. The molecule has 2 aliphatic rings. The molecule has 2 aliphatic heterocycles. The first-order chi connectivity index (χ1) is 10.1. The number of fused-ring (bicyclic) bond motifs is 1. The van der Waals surface area contributed by atoms with Gasteiger partial charge in [-0.2, -0.15) is 0 Å². The van der Waals surface area contributed by atoms with Crippen LogP contribution < -0.4 is 10.1 Å². The Morgan fingerprint density at radius 3 is 2.86 bits per heavy atom. The van der Waals surface area contributed by atoms with Crippen LogP contribution in [0.25, 0.3) is 0 Å². The van der Waals surface area contributed by atoms with Crippen LogP contribution in [-0.2, 0) is 9.59 Å². The summed E-state index contributed by atoms with van der Waals surface area (Å²) in [4.78, 5) is 37.4. The zero-order valence-electron chi connectivity index (χ0n) is 11.1. The molecular weight excluding hydrogens is 340 g/mol. The third kappa shape index (κ3) is 2.53. The van der Waals surface area contributed by atoms with Crippen LogP contribution in [0.2, 0.25) is 0 Å². The fourth-order valence-corrected chi connectivity index (χ4v) is 3.08. The van der Waals surface area contributed by atoms with Gasteiger partial charge in [-0.3, -0.25) is 19.7 Å². The molecule has 7 heteroatoms. The number of carbonyl (C=O) groups excluding carboxylic acids is 3. The van der Waals surface area contributed by atoms with Crippen LogP contribution in [0.15, 0.2) is 22.7 Å². The van der Waals surface area contributed by atoms with Crippen LogP contribution in [0.3, 0.4) is 0 Å². The van der Waals surface area contributed by atoms with E-state index in [9.17, 15) is 14.4 Å². The Bertz CT molecular complexity index is 631. The highest BCUT2D eigenvalue weighted by Crippen LogP contribution is 2.32. The third-order valence-corrected chi connectivity index (χ3v) is 4.25. The Labute approximate surface area is 129 Å². The molecule has 1 saturated heterocycles. The van der Waals surface area contributed by atoms with Crippen LogP contribution in [0.4, 0.5) is 0 Å². The molecule has 1 fully saturated rings. The molecule has 0 saturated carbocycles. The molecule has 21 heavy (non-hydrogen) atoms. The van der Waals surface area contributed by atoms with E-state index >= 15 is 0 Å². The average molecular weight is 353 g/mol. The Kier molecular flexibility index (Phi) is 3.67. The number of hydrogen-bond donors (Lipinski definition) is 1. The molecule has 110 valence electrons. The van der Waals surface area contributed by atoms with Crippen LogP contribution >= 0.6 is 15.9 Å². The topological polar surface area (TPSA) is 75.7 Å². The number of amides is 3.